The topological polar surface area (TPSA) is 94.5 Å². The van der Waals surface area contributed by atoms with Crippen LogP contribution in [0, 0.1) is 11.8 Å². The van der Waals surface area contributed by atoms with E-state index in [1.807, 2.05) is 13.0 Å². The van der Waals surface area contributed by atoms with Gasteiger partial charge in [0.25, 0.3) is 0 Å². The first-order chi connectivity index (χ1) is 18.2. The first-order valence-corrected chi connectivity index (χ1v) is 13.4. The van der Waals surface area contributed by atoms with E-state index >= 15 is 4.39 Å². The van der Waals surface area contributed by atoms with Crippen molar-refractivity contribution in [3.63, 3.8) is 0 Å². The number of hydrogen-bond acceptors (Lipinski definition) is 8. The number of benzene rings is 1. The molecule has 0 unspecified atom stereocenters. The Labute approximate surface area is 231 Å². The van der Waals surface area contributed by atoms with Gasteiger partial charge in [-0.1, -0.05) is 26.0 Å². The maximum Gasteiger partial charge on any atom is 0.345 e. The lowest BCUT2D eigenvalue weighted by Crippen LogP contribution is -2.39. The molecule has 2 aliphatic rings. The number of carbonyl (C=O) groups is 2. The van der Waals surface area contributed by atoms with E-state index in [1.165, 1.54) is 13.5 Å². The number of carbonyl (C=O) groups excluding carboxylic acids is 2. The van der Waals surface area contributed by atoms with Crippen LogP contribution >= 0.6 is 0 Å². The Kier molecular flexibility index (Phi) is 9.67. The molecule has 213 valence electrons. The molecule has 0 aromatic heterocycles. The molecule has 2 heterocycles. The van der Waals surface area contributed by atoms with Crippen LogP contribution in [0.3, 0.4) is 0 Å². The van der Waals surface area contributed by atoms with Gasteiger partial charge in [-0.05, 0) is 51.8 Å². The highest BCUT2D eigenvalue weighted by molar-refractivity contribution is 6.70. The van der Waals surface area contributed by atoms with E-state index in [2.05, 4.69) is 0 Å². The molecule has 2 aliphatic heterocycles. The lowest BCUT2D eigenvalue weighted by Gasteiger charge is -2.33. The summed E-state index contributed by atoms with van der Waals surface area (Å²) in [4.78, 5) is 25.9. The molecule has 0 saturated carbocycles. The Morgan fingerprint density at radius 1 is 1.15 bits per heavy atom. The van der Waals surface area contributed by atoms with Crippen molar-refractivity contribution in [3.05, 3.63) is 41.2 Å². The Balaban J connectivity index is 1.91. The van der Waals surface area contributed by atoms with E-state index in [-0.39, 0.29) is 17.3 Å². The quantitative estimate of drug-likeness (QED) is 0.235. The smallest absolute Gasteiger partial charge is 0.345 e. The van der Waals surface area contributed by atoms with E-state index in [0.29, 0.717) is 36.2 Å². The van der Waals surface area contributed by atoms with Gasteiger partial charge in [-0.2, -0.15) is 0 Å². The van der Waals surface area contributed by atoms with Crippen LogP contribution in [0.15, 0.2) is 30.1 Å². The number of anilines is 1. The second kappa shape index (κ2) is 12.2. The van der Waals surface area contributed by atoms with Gasteiger partial charge in [0.1, 0.15) is 23.3 Å². The summed E-state index contributed by atoms with van der Waals surface area (Å²) in [6.07, 6.45) is 4.45. The molecule has 1 aromatic carbocycles. The Bertz CT molecular complexity index is 1120. The predicted molar refractivity (Wildman–Crippen MR) is 149 cm³/mol. The number of ether oxygens (including phenoxy) is 4. The van der Waals surface area contributed by atoms with Gasteiger partial charge in [-0.15, -0.1) is 0 Å². The lowest BCUT2D eigenvalue weighted by atomic mass is 9.91. The minimum Gasteiger partial charge on any atom is -0.452 e. The average Bonchev–Trinajstić information content (AvgIpc) is 3.14. The molecule has 1 radical (unpaired) electrons. The molecule has 0 amide bonds. The predicted octanol–water partition coefficient (Wildman–Crippen LogP) is 5.04. The number of esters is 1. The first kappa shape index (κ1) is 30.9. The molecule has 0 bridgehead atoms. The number of cyclic esters (lactones) is 1. The minimum atomic E-state index is -1.14. The SMILES string of the molecule is CCN([B]C=O)c1cc(/C=C/C[C@@H]2OC(C)(C)O[C@@H]2[C@H](C)/C(F)=C\[C@@H](C)[C@H](C)O)c2c(c1)OC(C)(C)OC2=O. The zero-order valence-electron chi connectivity index (χ0n) is 24.1. The van der Waals surface area contributed by atoms with Crippen LogP contribution in [0.25, 0.3) is 6.08 Å². The van der Waals surface area contributed by atoms with E-state index in [1.54, 1.807) is 71.5 Å². The molecule has 10 heteroatoms. The maximum atomic E-state index is 15.1. The van der Waals surface area contributed by atoms with E-state index in [4.69, 9.17) is 18.9 Å². The van der Waals surface area contributed by atoms with Crippen LogP contribution in [0.5, 0.6) is 5.75 Å². The fraction of sp³-hybridized carbons (Fsp3) is 0.586. The van der Waals surface area contributed by atoms with Gasteiger partial charge in [0.2, 0.25) is 5.79 Å². The third-order valence-corrected chi connectivity index (χ3v) is 6.93. The number of hydrogen-bond donors (Lipinski definition) is 1. The van der Waals surface area contributed by atoms with Crippen molar-refractivity contribution in [1.82, 2.24) is 0 Å². The van der Waals surface area contributed by atoms with Crippen molar-refractivity contribution in [2.45, 2.75) is 91.7 Å². The molecule has 39 heavy (non-hydrogen) atoms. The number of halogens is 1. The highest BCUT2D eigenvalue weighted by atomic mass is 19.1. The zero-order valence-corrected chi connectivity index (χ0v) is 24.1. The molecule has 1 saturated heterocycles. The lowest BCUT2D eigenvalue weighted by molar-refractivity contribution is -0.149. The molecule has 8 nitrogen and oxygen atoms in total. The number of nitrogens with zero attached hydrogens (tertiary/aromatic N) is 1. The standard InChI is InChI=1S/C29H40BFNO7/c1-9-32(30-16-33)21-14-20(25-24(15-21)37-29(7,8)39-27(25)35)11-10-12-23-26(38-28(5,6)36-23)18(3)22(31)13-17(2)19(4)34/h10-11,13-19,23,26,34H,9,12H2,1-8H3/b11-10+,22-13+/t17-,18-,19+,23+,26-/m1/s1. The van der Waals surface area contributed by atoms with Gasteiger partial charge in [0.05, 0.1) is 18.3 Å². The van der Waals surface area contributed by atoms with Gasteiger partial charge in [0, 0.05) is 44.0 Å². The largest absolute Gasteiger partial charge is 0.452 e. The van der Waals surface area contributed by atoms with Crippen LogP contribution in [-0.2, 0) is 19.0 Å². The van der Waals surface area contributed by atoms with Crippen molar-refractivity contribution in [2.24, 2.45) is 11.8 Å². The van der Waals surface area contributed by atoms with Crippen molar-refractivity contribution in [2.75, 3.05) is 11.4 Å². The van der Waals surface area contributed by atoms with Crippen LogP contribution in [-0.4, -0.2) is 61.1 Å². The molecule has 5 atom stereocenters. The summed E-state index contributed by atoms with van der Waals surface area (Å²) in [5.74, 6) is -3.49. The van der Waals surface area contributed by atoms with Gasteiger partial charge >= 0.3 is 13.4 Å². The highest BCUT2D eigenvalue weighted by Crippen LogP contribution is 2.39. The molecule has 3 rings (SSSR count). The Morgan fingerprint density at radius 3 is 2.46 bits per heavy atom. The third-order valence-electron chi connectivity index (χ3n) is 6.93. The second-order valence-electron chi connectivity index (χ2n) is 11.1. The summed E-state index contributed by atoms with van der Waals surface area (Å²) in [5, 5.41) is 9.77. The van der Waals surface area contributed by atoms with E-state index in [0.717, 1.165) is 0 Å². The highest BCUT2D eigenvalue weighted by Gasteiger charge is 2.44. The fourth-order valence-corrected chi connectivity index (χ4v) is 4.72. The van der Waals surface area contributed by atoms with Crippen LogP contribution < -0.4 is 9.55 Å². The van der Waals surface area contributed by atoms with Gasteiger partial charge in [-0.25, -0.2) is 9.18 Å². The number of rotatable bonds is 11. The summed E-state index contributed by atoms with van der Waals surface area (Å²) >= 11 is 0. The normalized spacial score (nSPS) is 24.4. The first-order valence-electron chi connectivity index (χ1n) is 13.4. The molecule has 0 aliphatic carbocycles. The van der Waals surface area contributed by atoms with E-state index in [9.17, 15) is 14.7 Å². The number of fused-ring (bicyclic) bond motifs is 1. The number of aliphatic hydroxyl groups is 1. The summed E-state index contributed by atoms with van der Waals surface area (Å²) in [6, 6.07) is 3.51. The third kappa shape index (κ3) is 7.50. The van der Waals surface area contributed by atoms with Gasteiger partial charge < -0.3 is 33.7 Å². The van der Waals surface area contributed by atoms with E-state index < -0.39 is 41.8 Å². The summed E-state index contributed by atoms with van der Waals surface area (Å²) in [7, 11) is 1.42. The monoisotopic (exact) mass is 544 g/mol. The molecular weight excluding hydrogens is 504 g/mol. The fourth-order valence-electron chi connectivity index (χ4n) is 4.72. The van der Waals surface area contributed by atoms with Crippen molar-refractivity contribution in [3.8, 4) is 5.75 Å². The van der Waals surface area contributed by atoms with Crippen LogP contribution in [0.4, 0.5) is 10.1 Å². The second-order valence-corrected chi connectivity index (χ2v) is 11.1. The molecule has 1 fully saturated rings. The van der Waals surface area contributed by atoms with Gasteiger partial charge in [-0.3, -0.25) is 0 Å². The molecule has 1 N–H and O–H groups in total. The van der Waals surface area contributed by atoms with Crippen molar-refractivity contribution >= 4 is 31.3 Å². The summed E-state index contributed by atoms with van der Waals surface area (Å²) in [5.41, 5.74) is 1.52. The number of aliphatic hydroxyl groups excluding tert-OH is 1. The Morgan fingerprint density at radius 2 is 1.85 bits per heavy atom. The molecule has 1 aromatic rings. The van der Waals surface area contributed by atoms with Crippen molar-refractivity contribution < 1.29 is 38.0 Å². The molecular formula is C29H40BFNO7. The maximum absolute atomic E-state index is 15.1. The zero-order chi connectivity index (χ0) is 29.1. The van der Waals surface area contributed by atoms with Crippen molar-refractivity contribution in [1.29, 1.82) is 0 Å². The summed E-state index contributed by atoms with van der Waals surface area (Å²) < 4.78 is 38.7. The van der Waals surface area contributed by atoms with Crippen LogP contribution in [0.1, 0.15) is 77.7 Å². The Hall–Kier alpha value is -2.69. The average molecular weight is 544 g/mol. The minimum absolute atomic E-state index is 0.284. The molecule has 0 spiro atoms. The van der Waals surface area contributed by atoms with Gasteiger partial charge in [0.15, 0.2) is 5.79 Å². The summed E-state index contributed by atoms with van der Waals surface area (Å²) in [6.45, 7) is 14.4. The van der Waals surface area contributed by atoms with Crippen LogP contribution in [0.2, 0.25) is 0 Å².